The average Bonchev–Trinajstić information content (AvgIpc) is 3.23. The Balaban J connectivity index is 1.33. The zero-order chi connectivity index (χ0) is 22.1. The van der Waals surface area contributed by atoms with E-state index in [9.17, 15) is 4.79 Å². The molecule has 162 valence electrons. The van der Waals surface area contributed by atoms with E-state index >= 15 is 0 Å². The average molecular weight is 429 g/mol. The number of carbonyl (C=O) groups is 1. The minimum atomic E-state index is -0.108. The van der Waals surface area contributed by atoms with E-state index in [-0.39, 0.29) is 12.0 Å². The first-order valence-electron chi connectivity index (χ1n) is 10.4. The van der Waals surface area contributed by atoms with E-state index in [0.717, 1.165) is 22.3 Å². The predicted molar refractivity (Wildman–Crippen MR) is 123 cm³/mol. The van der Waals surface area contributed by atoms with Crippen LogP contribution in [0.5, 0.6) is 0 Å². The van der Waals surface area contributed by atoms with Crippen molar-refractivity contribution in [3.63, 3.8) is 0 Å². The Labute approximate surface area is 184 Å². The second kappa shape index (κ2) is 8.14. The van der Waals surface area contributed by atoms with Gasteiger partial charge in [-0.3, -0.25) is 4.98 Å². The number of nitrogens with two attached hydrogens (primary N) is 1. The van der Waals surface area contributed by atoms with Gasteiger partial charge in [0, 0.05) is 49.8 Å². The lowest BCUT2D eigenvalue weighted by Gasteiger charge is -2.35. The normalized spacial score (nSPS) is 14.0. The standard InChI is InChI=1S/C22H23N9O/c1-14-4-2-6-16(12-14)25-22(32)31-10-8-30(9-11-31)20-17-19(28-21(23)29-20)27-18(26-17)15-5-3-7-24-13-15/h2-7,12-13H,8-11H2,1H3,(H,25,32)(H3,23,26,27,28,29). The highest BCUT2D eigenvalue weighted by Gasteiger charge is 2.25. The summed E-state index contributed by atoms with van der Waals surface area (Å²) < 4.78 is 0. The number of nitrogens with one attached hydrogen (secondary N) is 2. The fourth-order valence-electron chi connectivity index (χ4n) is 3.81. The van der Waals surface area contributed by atoms with Crippen molar-refractivity contribution in [1.29, 1.82) is 0 Å². The number of fused-ring (bicyclic) bond motifs is 1. The quantitative estimate of drug-likeness (QED) is 0.456. The Kier molecular flexibility index (Phi) is 5.02. The lowest BCUT2D eigenvalue weighted by Crippen LogP contribution is -2.50. The minimum Gasteiger partial charge on any atom is -0.368 e. The van der Waals surface area contributed by atoms with Crippen LogP contribution in [-0.4, -0.2) is 62.0 Å². The molecule has 1 fully saturated rings. The SMILES string of the molecule is Cc1cccc(NC(=O)N2CCN(c3nc(N)nc4nc(-c5cccnc5)[nH]c34)CC2)c1. The number of H-pyrrole nitrogens is 1. The molecule has 1 aliphatic heterocycles. The van der Waals surface area contributed by atoms with Gasteiger partial charge in [-0.1, -0.05) is 12.1 Å². The highest BCUT2D eigenvalue weighted by molar-refractivity contribution is 5.90. The van der Waals surface area contributed by atoms with Crippen LogP contribution in [0.4, 0.5) is 22.2 Å². The molecule has 0 unspecified atom stereocenters. The third-order valence-corrected chi connectivity index (χ3v) is 5.42. The maximum atomic E-state index is 12.7. The summed E-state index contributed by atoms with van der Waals surface area (Å²) in [5.41, 5.74) is 9.94. The minimum absolute atomic E-state index is 0.108. The number of pyridine rings is 1. The van der Waals surface area contributed by atoms with Crippen LogP contribution in [0.3, 0.4) is 0 Å². The molecule has 0 aliphatic carbocycles. The summed E-state index contributed by atoms with van der Waals surface area (Å²) >= 11 is 0. The van der Waals surface area contributed by atoms with Crippen molar-refractivity contribution in [2.45, 2.75) is 6.92 Å². The van der Waals surface area contributed by atoms with Crippen molar-refractivity contribution < 1.29 is 4.79 Å². The van der Waals surface area contributed by atoms with E-state index in [1.807, 2.05) is 43.3 Å². The lowest BCUT2D eigenvalue weighted by atomic mass is 10.2. The Hall–Kier alpha value is -4.21. The molecule has 4 heterocycles. The first kappa shape index (κ1) is 19.7. The van der Waals surface area contributed by atoms with Gasteiger partial charge in [0.1, 0.15) is 11.3 Å². The number of nitrogens with zero attached hydrogens (tertiary/aromatic N) is 6. The Morgan fingerprint density at radius 1 is 1.09 bits per heavy atom. The molecule has 5 rings (SSSR count). The summed E-state index contributed by atoms with van der Waals surface area (Å²) in [6.45, 7) is 4.36. The number of carbonyl (C=O) groups excluding carboxylic acids is 1. The highest BCUT2D eigenvalue weighted by atomic mass is 16.2. The van der Waals surface area contributed by atoms with Crippen LogP contribution in [0.15, 0.2) is 48.8 Å². The topological polar surface area (TPSA) is 129 Å². The van der Waals surface area contributed by atoms with Gasteiger partial charge in [0.05, 0.1) is 0 Å². The molecule has 4 N–H and O–H groups in total. The predicted octanol–water partition coefficient (Wildman–Crippen LogP) is 2.66. The molecule has 0 atom stereocenters. The van der Waals surface area contributed by atoms with Gasteiger partial charge < -0.3 is 25.8 Å². The zero-order valence-corrected chi connectivity index (χ0v) is 17.6. The van der Waals surface area contributed by atoms with E-state index in [1.54, 1.807) is 17.3 Å². The number of rotatable bonds is 3. The molecular weight excluding hydrogens is 406 g/mol. The van der Waals surface area contributed by atoms with Gasteiger partial charge in [-0.15, -0.1) is 0 Å². The molecule has 3 aromatic heterocycles. The zero-order valence-electron chi connectivity index (χ0n) is 17.6. The Morgan fingerprint density at radius 2 is 1.94 bits per heavy atom. The number of hydrogen-bond donors (Lipinski definition) is 3. The van der Waals surface area contributed by atoms with Crippen molar-refractivity contribution in [3.05, 3.63) is 54.4 Å². The summed E-state index contributed by atoms with van der Waals surface area (Å²) in [6, 6.07) is 11.4. The molecule has 0 radical (unpaired) electrons. The van der Waals surface area contributed by atoms with Crippen LogP contribution >= 0.6 is 0 Å². The number of amides is 2. The van der Waals surface area contributed by atoms with E-state index in [0.29, 0.717) is 43.5 Å². The molecule has 1 aliphatic rings. The number of benzene rings is 1. The van der Waals surface area contributed by atoms with Crippen LogP contribution in [-0.2, 0) is 0 Å². The molecule has 0 bridgehead atoms. The highest BCUT2D eigenvalue weighted by Crippen LogP contribution is 2.27. The van der Waals surface area contributed by atoms with Gasteiger partial charge >= 0.3 is 6.03 Å². The number of aromatic nitrogens is 5. The number of nitrogen functional groups attached to an aromatic ring is 1. The first-order chi connectivity index (χ1) is 15.6. The molecule has 32 heavy (non-hydrogen) atoms. The second-order valence-corrected chi connectivity index (χ2v) is 7.70. The number of imidazole rings is 1. The monoisotopic (exact) mass is 429 g/mol. The fraction of sp³-hybridized carbons (Fsp3) is 0.227. The van der Waals surface area contributed by atoms with Crippen molar-refractivity contribution in [1.82, 2.24) is 29.8 Å². The van der Waals surface area contributed by atoms with Crippen molar-refractivity contribution >= 4 is 34.6 Å². The Bertz CT molecular complexity index is 1260. The summed E-state index contributed by atoms with van der Waals surface area (Å²) in [5, 5.41) is 2.97. The number of urea groups is 1. The molecule has 4 aromatic rings. The first-order valence-corrected chi connectivity index (χ1v) is 10.4. The largest absolute Gasteiger partial charge is 0.368 e. The number of hydrogen-bond acceptors (Lipinski definition) is 7. The smallest absolute Gasteiger partial charge is 0.321 e. The molecular formula is C22H23N9O. The van der Waals surface area contributed by atoms with Crippen LogP contribution in [0.25, 0.3) is 22.6 Å². The summed E-state index contributed by atoms with van der Waals surface area (Å²) in [7, 11) is 0. The van der Waals surface area contributed by atoms with Gasteiger partial charge in [-0.25, -0.2) is 9.78 Å². The molecule has 0 spiro atoms. The third kappa shape index (κ3) is 3.89. The number of piperazine rings is 1. The van der Waals surface area contributed by atoms with Gasteiger partial charge in [-0.05, 0) is 36.8 Å². The van der Waals surface area contributed by atoms with Gasteiger partial charge in [-0.2, -0.15) is 9.97 Å². The molecule has 0 saturated carbocycles. The Morgan fingerprint density at radius 3 is 2.69 bits per heavy atom. The van der Waals surface area contributed by atoms with Gasteiger partial charge in [0.25, 0.3) is 0 Å². The molecule has 10 nitrogen and oxygen atoms in total. The molecule has 1 aromatic carbocycles. The number of aromatic amines is 1. The van der Waals surface area contributed by atoms with E-state index < -0.39 is 0 Å². The second-order valence-electron chi connectivity index (χ2n) is 7.70. The maximum absolute atomic E-state index is 12.7. The van der Waals surface area contributed by atoms with Crippen LogP contribution in [0.1, 0.15) is 5.56 Å². The number of anilines is 3. The van der Waals surface area contributed by atoms with E-state index in [4.69, 9.17) is 5.73 Å². The van der Waals surface area contributed by atoms with Crippen LogP contribution in [0, 0.1) is 6.92 Å². The molecule has 2 amide bonds. The molecule has 10 heteroatoms. The van der Waals surface area contributed by atoms with E-state index in [1.165, 1.54) is 0 Å². The van der Waals surface area contributed by atoms with Gasteiger partial charge in [0.2, 0.25) is 5.95 Å². The molecule has 1 saturated heterocycles. The van der Waals surface area contributed by atoms with Crippen molar-refractivity contribution in [3.8, 4) is 11.4 Å². The van der Waals surface area contributed by atoms with Crippen molar-refractivity contribution in [2.24, 2.45) is 0 Å². The summed E-state index contributed by atoms with van der Waals surface area (Å²) in [4.78, 5) is 37.3. The summed E-state index contributed by atoms with van der Waals surface area (Å²) in [5.74, 6) is 1.51. The number of aryl methyl sites for hydroxylation is 1. The van der Waals surface area contributed by atoms with Crippen molar-refractivity contribution in [2.75, 3.05) is 42.1 Å². The van der Waals surface area contributed by atoms with Gasteiger partial charge in [0.15, 0.2) is 11.5 Å². The van der Waals surface area contributed by atoms with Crippen LogP contribution < -0.4 is 16.0 Å². The third-order valence-electron chi connectivity index (χ3n) is 5.42. The van der Waals surface area contributed by atoms with Crippen LogP contribution in [0.2, 0.25) is 0 Å². The van der Waals surface area contributed by atoms with E-state index in [2.05, 4.69) is 35.1 Å². The summed E-state index contributed by atoms with van der Waals surface area (Å²) in [6.07, 6.45) is 3.45. The fourth-order valence-corrected chi connectivity index (χ4v) is 3.81. The maximum Gasteiger partial charge on any atom is 0.321 e. The lowest BCUT2D eigenvalue weighted by molar-refractivity contribution is 0.208.